The van der Waals surface area contributed by atoms with Crippen molar-refractivity contribution in [1.82, 2.24) is 9.13 Å². The zero-order valence-electron chi connectivity index (χ0n) is 41.6. The van der Waals surface area contributed by atoms with Crippen LogP contribution in [0, 0.1) is 0 Å². The van der Waals surface area contributed by atoms with Gasteiger partial charge in [-0.25, -0.2) is 8.42 Å². The van der Waals surface area contributed by atoms with Gasteiger partial charge in [0, 0.05) is 95.2 Å². The topological polar surface area (TPSA) is 95.2 Å². The Kier molecular flexibility index (Phi) is 10.2. The minimum atomic E-state index is -3.94. The third kappa shape index (κ3) is 6.30. The molecular weight excluding hydrogens is 1040 g/mol. The molecular formula is C67H44N2O5P2S2. The van der Waals surface area contributed by atoms with E-state index in [9.17, 15) is 12.6 Å². The molecule has 374 valence electrons. The fraction of sp³-hybridized carbons (Fsp3) is 0. The Bertz CT molecular complexity index is 4620. The molecule has 0 atom stereocenters. The number of hydrogen-bond donors (Lipinski definition) is 0. The lowest BCUT2D eigenvalue weighted by Gasteiger charge is -2.31. The number of nitrogens with zero attached hydrogens (tertiary/aromatic N) is 2. The van der Waals surface area contributed by atoms with Crippen molar-refractivity contribution in [3.8, 4) is 33.6 Å². The molecule has 2 aliphatic rings. The van der Waals surface area contributed by atoms with E-state index >= 15 is 9.13 Å². The number of hydrogen-bond acceptors (Lipinski definition) is 5. The molecule has 0 radical (unpaired) electrons. The Morgan fingerprint density at radius 3 is 1.03 bits per heavy atom. The van der Waals surface area contributed by atoms with E-state index in [1.807, 2.05) is 72.8 Å². The van der Waals surface area contributed by atoms with E-state index in [0.717, 1.165) is 77.2 Å². The molecule has 0 spiro atoms. The van der Waals surface area contributed by atoms with Gasteiger partial charge in [0.25, 0.3) is 0 Å². The third-order valence-electron chi connectivity index (χ3n) is 15.9. The van der Waals surface area contributed by atoms with Crippen LogP contribution in [0.25, 0.3) is 77.2 Å². The summed E-state index contributed by atoms with van der Waals surface area (Å²) in [6.07, 6.45) is 0. The highest BCUT2D eigenvalue weighted by molar-refractivity contribution is 8.03. The van der Waals surface area contributed by atoms with Crippen LogP contribution >= 0.6 is 14.3 Å². The highest BCUT2D eigenvalue weighted by atomic mass is 32.2. The van der Waals surface area contributed by atoms with Crippen molar-refractivity contribution in [2.45, 2.75) is 19.6 Å². The van der Waals surface area contributed by atoms with Crippen LogP contribution in [-0.4, -0.2) is 27.6 Å². The molecule has 11 heteroatoms. The van der Waals surface area contributed by atoms with Gasteiger partial charge in [-0.3, -0.25) is 4.21 Å². The molecule has 11 aromatic carbocycles. The van der Waals surface area contributed by atoms with Crippen LogP contribution in [0.3, 0.4) is 0 Å². The van der Waals surface area contributed by atoms with Crippen molar-refractivity contribution in [2.24, 2.45) is 0 Å². The number of benzene rings is 11. The first-order chi connectivity index (χ1) is 38.0. The molecule has 2 aliphatic heterocycles. The number of para-hydroxylation sites is 4. The molecule has 0 aliphatic carbocycles. The van der Waals surface area contributed by atoms with E-state index in [-0.39, 0.29) is 9.79 Å². The molecule has 0 unspecified atom stereocenters. The lowest BCUT2D eigenvalue weighted by molar-refractivity contribution is 0.585. The minimum absolute atomic E-state index is 0.0636. The van der Waals surface area contributed by atoms with Gasteiger partial charge in [-0.2, -0.15) is 0 Å². The van der Waals surface area contributed by atoms with E-state index in [4.69, 9.17) is 0 Å². The quantitative estimate of drug-likeness (QED) is 0.122. The van der Waals surface area contributed by atoms with Gasteiger partial charge >= 0.3 is 0 Å². The Balaban J connectivity index is 1.07. The fourth-order valence-electron chi connectivity index (χ4n) is 12.6. The second-order valence-corrected chi connectivity index (χ2v) is 29.4. The van der Waals surface area contributed by atoms with Gasteiger partial charge in [0.1, 0.15) is 0 Å². The van der Waals surface area contributed by atoms with Crippen LogP contribution in [0.2, 0.25) is 0 Å². The predicted octanol–water partition coefficient (Wildman–Crippen LogP) is 13.1. The van der Waals surface area contributed by atoms with Crippen LogP contribution in [-0.2, 0) is 28.5 Å². The maximum absolute atomic E-state index is 16.2. The Morgan fingerprint density at radius 1 is 0.333 bits per heavy atom. The van der Waals surface area contributed by atoms with E-state index in [1.165, 1.54) is 0 Å². The normalized spacial score (nSPS) is 17.8. The molecule has 0 N–H and O–H groups in total. The second kappa shape index (κ2) is 17.0. The molecule has 7 nitrogen and oxygen atoms in total. The van der Waals surface area contributed by atoms with Gasteiger partial charge in [0.2, 0.25) is 9.84 Å². The highest BCUT2D eigenvalue weighted by Gasteiger charge is 2.45. The molecule has 0 fully saturated rings. The zero-order chi connectivity index (χ0) is 52.7. The summed E-state index contributed by atoms with van der Waals surface area (Å²) in [6, 6.07) is 82.0. The third-order valence-corrected chi connectivity index (χ3v) is 26.8. The monoisotopic (exact) mass is 1080 g/mol. The molecule has 78 heavy (non-hydrogen) atoms. The SMILES string of the molecule is C=S1(=O)c2ccccc2P(=O)(c2ccc(-c3c4c5ccccc5n(-c5ccccc5)c4c(-c4ccc(P5(=O)c6ccccc6S(=O)(=O)c6ccccc65)cc4)c4c5ccccc5n(-c5ccccc5)c34)cc2)c2ccccc21. The van der Waals surface area contributed by atoms with Gasteiger partial charge in [-0.1, -0.05) is 170 Å². The van der Waals surface area contributed by atoms with E-state index in [1.54, 1.807) is 60.7 Å². The van der Waals surface area contributed by atoms with Gasteiger partial charge in [-0.05, 0) is 102 Å². The van der Waals surface area contributed by atoms with E-state index < -0.39 is 33.6 Å². The number of fused-ring (bicyclic) bond motifs is 10. The first-order valence-corrected chi connectivity index (χ1v) is 32.2. The van der Waals surface area contributed by atoms with Crippen molar-refractivity contribution < 1.29 is 21.8 Å². The first-order valence-electron chi connectivity index (χ1n) is 25.6. The summed E-state index contributed by atoms with van der Waals surface area (Å²) in [7, 11) is -14.2. The van der Waals surface area contributed by atoms with Crippen molar-refractivity contribution in [1.29, 1.82) is 0 Å². The van der Waals surface area contributed by atoms with Crippen molar-refractivity contribution in [3.63, 3.8) is 0 Å². The van der Waals surface area contributed by atoms with Crippen LogP contribution in [0.4, 0.5) is 0 Å². The van der Waals surface area contributed by atoms with Gasteiger partial charge in [-0.15, -0.1) is 0 Å². The first kappa shape index (κ1) is 46.7. The van der Waals surface area contributed by atoms with Crippen molar-refractivity contribution in [3.05, 3.63) is 255 Å². The van der Waals surface area contributed by atoms with Crippen LogP contribution < -0.4 is 31.8 Å². The second-order valence-electron chi connectivity index (χ2n) is 19.9. The summed E-state index contributed by atoms with van der Waals surface area (Å²) in [5, 5.41) is 6.87. The summed E-state index contributed by atoms with van der Waals surface area (Å²) < 4.78 is 79.9. The van der Waals surface area contributed by atoms with Gasteiger partial charge < -0.3 is 18.3 Å². The lowest BCUT2D eigenvalue weighted by atomic mass is 9.90. The van der Waals surface area contributed by atoms with E-state index in [0.29, 0.717) is 41.6 Å². The molecule has 2 aromatic heterocycles. The molecule has 0 saturated heterocycles. The van der Waals surface area contributed by atoms with Gasteiger partial charge in [0.15, 0.2) is 14.3 Å². The summed E-state index contributed by atoms with van der Waals surface area (Å²) in [5.41, 5.74) is 9.55. The number of aromatic nitrogens is 2. The predicted molar refractivity (Wildman–Crippen MR) is 322 cm³/mol. The summed E-state index contributed by atoms with van der Waals surface area (Å²) in [6.45, 7) is 0. The molecule has 0 saturated carbocycles. The Hall–Kier alpha value is -8.55. The standard InChI is InChI=1S/C67H44N2O5P2S2/c1-77(72)58-32-16-12-28-54(58)75(70,55-29-13-17-33-59(55)77)48-40-36-44(37-41-48)62-64-50-24-8-10-26-52(50)69(47-22-6-3-7-23-47)67(64)63(65-51-25-9-11-27-53(51)68(66(62)65)46-20-4-2-5-21-46)45-38-42-49(43-39-45)76(71)56-30-14-18-34-60(56)78(73,74)61-35-19-15-31-57(61)76/h2-43H,1H2. The molecule has 0 bridgehead atoms. The smallest absolute Gasteiger partial charge is 0.208 e. The lowest BCUT2D eigenvalue weighted by Crippen LogP contribution is -2.36. The average molecular weight is 1080 g/mol. The maximum Gasteiger partial charge on any atom is 0.208 e. The summed E-state index contributed by atoms with van der Waals surface area (Å²) in [4.78, 5) is 1.12. The largest absolute Gasteiger partial charge is 0.309 e. The Labute approximate surface area is 451 Å². The van der Waals surface area contributed by atoms with Crippen molar-refractivity contribution in [2.75, 3.05) is 0 Å². The van der Waals surface area contributed by atoms with Crippen LogP contribution in [0.15, 0.2) is 274 Å². The number of sulfone groups is 1. The van der Waals surface area contributed by atoms with Crippen molar-refractivity contribution >= 4 is 115 Å². The van der Waals surface area contributed by atoms with Gasteiger partial charge in [0.05, 0.1) is 31.9 Å². The number of rotatable bonds is 6. The maximum atomic E-state index is 16.2. The Morgan fingerprint density at radius 2 is 0.641 bits per heavy atom. The average Bonchev–Trinajstić information content (AvgIpc) is 3.65. The van der Waals surface area contributed by atoms with E-state index in [2.05, 4.69) is 136 Å². The highest BCUT2D eigenvalue weighted by Crippen LogP contribution is 2.55. The summed E-state index contributed by atoms with van der Waals surface area (Å²) in [5.74, 6) is 4.23. The molecule has 4 heterocycles. The van der Waals surface area contributed by atoms with Crippen LogP contribution in [0.1, 0.15) is 0 Å². The zero-order valence-corrected chi connectivity index (χ0v) is 45.0. The molecule has 15 rings (SSSR count). The summed E-state index contributed by atoms with van der Waals surface area (Å²) >= 11 is 0. The molecule has 13 aromatic rings. The fourth-order valence-corrected chi connectivity index (χ4v) is 24.3. The van der Waals surface area contributed by atoms with Crippen LogP contribution in [0.5, 0.6) is 0 Å². The minimum Gasteiger partial charge on any atom is -0.309 e. The molecule has 0 amide bonds.